The first-order valence-electron chi connectivity index (χ1n) is 8.04. The molecule has 0 spiro atoms. The van der Waals surface area contributed by atoms with Crippen LogP contribution in [0.2, 0.25) is 0 Å². The summed E-state index contributed by atoms with van der Waals surface area (Å²) in [5.41, 5.74) is 0.573. The van der Waals surface area contributed by atoms with Crippen LogP contribution in [0.4, 0.5) is 4.39 Å². The largest absolute Gasteiger partial charge is 0.366 e. The fourth-order valence-corrected chi connectivity index (χ4v) is 2.99. The van der Waals surface area contributed by atoms with Gasteiger partial charge in [-0.15, -0.1) is 10.2 Å². The lowest BCUT2D eigenvalue weighted by atomic mass is 9.96. The lowest BCUT2D eigenvalue weighted by Crippen LogP contribution is -2.43. The van der Waals surface area contributed by atoms with Crippen LogP contribution in [0.1, 0.15) is 36.8 Å². The van der Waals surface area contributed by atoms with Gasteiger partial charge in [0.05, 0.1) is 13.2 Å². The molecule has 0 N–H and O–H groups in total. The Morgan fingerprint density at radius 1 is 1.46 bits per heavy atom. The molecule has 2 heterocycles. The summed E-state index contributed by atoms with van der Waals surface area (Å²) in [6, 6.07) is 6.60. The van der Waals surface area contributed by atoms with Crippen molar-refractivity contribution in [1.82, 2.24) is 19.7 Å². The molecule has 2 aromatic rings. The van der Waals surface area contributed by atoms with E-state index in [0.29, 0.717) is 31.1 Å². The predicted octanol–water partition coefficient (Wildman–Crippen LogP) is 2.05. The summed E-state index contributed by atoms with van der Waals surface area (Å²) in [6.45, 7) is 3.31. The molecule has 0 saturated carbocycles. The number of hydrogen-bond acceptors (Lipinski definition) is 4. The third-order valence-electron chi connectivity index (χ3n) is 4.37. The molecule has 3 rings (SSSR count). The molecule has 128 valence electrons. The average molecular weight is 332 g/mol. The van der Waals surface area contributed by atoms with Gasteiger partial charge >= 0.3 is 0 Å². The van der Waals surface area contributed by atoms with E-state index in [9.17, 15) is 9.18 Å². The molecule has 1 aromatic heterocycles. The van der Waals surface area contributed by atoms with E-state index in [-0.39, 0.29) is 30.2 Å². The molecule has 1 aliphatic heterocycles. The number of amides is 1. The number of carbonyl (C=O) groups is 1. The van der Waals surface area contributed by atoms with Gasteiger partial charge in [-0.1, -0.05) is 25.1 Å². The molecule has 1 amide bonds. The van der Waals surface area contributed by atoms with Crippen molar-refractivity contribution in [3.05, 3.63) is 47.8 Å². The number of ether oxygens (including phenoxy) is 1. The van der Waals surface area contributed by atoms with Crippen LogP contribution in [0, 0.1) is 5.82 Å². The van der Waals surface area contributed by atoms with Crippen LogP contribution in [-0.4, -0.2) is 45.3 Å². The molecule has 6 nitrogen and oxygen atoms in total. The Bertz CT molecular complexity index is 718. The Morgan fingerprint density at radius 2 is 2.25 bits per heavy atom. The first-order chi connectivity index (χ1) is 11.6. The van der Waals surface area contributed by atoms with E-state index in [1.165, 1.54) is 6.07 Å². The van der Waals surface area contributed by atoms with E-state index in [0.717, 1.165) is 0 Å². The van der Waals surface area contributed by atoms with Crippen molar-refractivity contribution >= 4 is 5.91 Å². The van der Waals surface area contributed by atoms with Gasteiger partial charge in [-0.05, 0) is 17.5 Å². The Kier molecular flexibility index (Phi) is 4.89. The molecule has 0 unspecified atom stereocenters. The minimum absolute atomic E-state index is 0.00113. The van der Waals surface area contributed by atoms with Crippen molar-refractivity contribution < 1.29 is 13.9 Å². The van der Waals surface area contributed by atoms with Crippen molar-refractivity contribution in [1.29, 1.82) is 0 Å². The number of carbonyl (C=O) groups excluding carboxylic acids is 1. The van der Waals surface area contributed by atoms with Crippen LogP contribution in [0.5, 0.6) is 0 Å². The second-order valence-corrected chi connectivity index (χ2v) is 6.13. The van der Waals surface area contributed by atoms with E-state index in [1.54, 1.807) is 34.0 Å². The fourth-order valence-electron chi connectivity index (χ4n) is 2.99. The van der Waals surface area contributed by atoms with Crippen molar-refractivity contribution in [3.8, 4) is 0 Å². The van der Waals surface area contributed by atoms with Gasteiger partial charge < -0.3 is 14.2 Å². The summed E-state index contributed by atoms with van der Waals surface area (Å²) in [4.78, 5) is 14.4. The topological polar surface area (TPSA) is 60.3 Å². The van der Waals surface area contributed by atoms with Crippen molar-refractivity contribution in [2.75, 3.05) is 19.7 Å². The Balaban J connectivity index is 1.64. The van der Waals surface area contributed by atoms with Gasteiger partial charge in [0.15, 0.2) is 5.82 Å². The quantitative estimate of drug-likeness (QED) is 0.860. The van der Waals surface area contributed by atoms with Crippen LogP contribution in [0.25, 0.3) is 0 Å². The van der Waals surface area contributed by atoms with E-state index in [2.05, 4.69) is 10.2 Å². The highest BCUT2D eigenvalue weighted by Crippen LogP contribution is 2.25. The van der Waals surface area contributed by atoms with Crippen molar-refractivity contribution in [2.45, 2.75) is 25.4 Å². The maximum Gasteiger partial charge on any atom is 0.223 e. The highest BCUT2D eigenvalue weighted by Gasteiger charge is 2.29. The molecule has 24 heavy (non-hydrogen) atoms. The number of morpholine rings is 1. The molecular formula is C17H21FN4O2. The molecular weight excluding hydrogens is 311 g/mol. The highest BCUT2D eigenvalue weighted by atomic mass is 19.1. The summed E-state index contributed by atoms with van der Waals surface area (Å²) >= 11 is 0. The van der Waals surface area contributed by atoms with Gasteiger partial charge in [0.2, 0.25) is 5.91 Å². The number of benzene rings is 1. The van der Waals surface area contributed by atoms with Crippen LogP contribution in [-0.2, 0) is 16.6 Å². The second-order valence-electron chi connectivity index (χ2n) is 6.13. The van der Waals surface area contributed by atoms with E-state index in [1.807, 2.05) is 14.0 Å². The standard InChI is InChI=1S/C17H21FN4O2/c1-12(13-5-3-4-6-14(13)18)9-16(23)22-7-8-24-15(10-22)17-20-19-11-21(17)2/h3-6,11-12,15H,7-10H2,1-2H3/t12-,15+/m1/s1. The minimum Gasteiger partial charge on any atom is -0.366 e. The Morgan fingerprint density at radius 3 is 2.96 bits per heavy atom. The third-order valence-corrected chi connectivity index (χ3v) is 4.37. The molecule has 1 aromatic carbocycles. The smallest absolute Gasteiger partial charge is 0.223 e. The normalized spacial score (nSPS) is 19.3. The zero-order valence-corrected chi connectivity index (χ0v) is 13.9. The summed E-state index contributed by atoms with van der Waals surface area (Å²) in [5, 5.41) is 7.91. The molecule has 0 bridgehead atoms. The molecule has 1 saturated heterocycles. The highest BCUT2D eigenvalue weighted by molar-refractivity contribution is 5.77. The Labute approximate surface area is 140 Å². The number of hydrogen-bond donors (Lipinski definition) is 0. The van der Waals surface area contributed by atoms with Gasteiger partial charge in [-0.25, -0.2) is 4.39 Å². The number of rotatable bonds is 4. The van der Waals surface area contributed by atoms with Gasteiger partial charge in [0.25, 0.3) is 0 Å². The van der Waals surface area contributed by atoms with Crippen molar-refractivity contribution in [2.24, 2.45) is 7.05 Å². The summed E-state index contributed by atoms with van der Waals surface area (Å²) < 4.78 is 21.4. The van der Waals surface area contributed by atoms with Gasteiger partial charge in [0.1, 0.15) is 18.2 Å². The van der Waals surface area contributed by atoms with E-state index >= 15 is 0 Å². The van der Waals surface area contributed by atoms with Crippen LogP contribution in [0.15, 0.2) is 30.6 Å². The summed E-state index contributed by atoms with van der Waals surface area (Å²) in [5.74, 6) is 0.266. The third kappa shape index (κ3) is 3.46. The zero-order chi connectivity index (χ0) is 17.1. The molecule has 1 aliphatic rings. The van der Waals surface area contributed by atoms with E-state index in [4.69, 9.17) is 4.74 Å². The molecule has 2 atom stereocenters. The number of nitrogens with zero attached hydrogens (tertiary/aromatic N) is 4. The number of aromatic nitrogens is 3. The van der Waals surface area contributed by atoms with Gasteiger partial charge in [-0.2, -0.15) is 0 Å². The maximum absolute atomic E-state index is 13.9. The number of halogens is 1. The molecule has 7 heteroatoms. The van der Waals surface area contributed by atoms with Crippen LogP contribution in [0.3, 0.4) is 0 Å². The van der Waals surface area contributed by atoms with Crippen LogP contribution < -0.4 is 0 Å². The average Bonchev–Trinajstić information content (AvgIpc) is 3.01. The summed E-state index contributed by atoms with van der Waals surface area (Å²) in [6.07, 6.45) is 1.60. The SMILES string of the molecule is C[C@H](CC(=O)N1CCO[C@H](c2nncn2C)C1)c1ccccc1F. The van der Waals surface area contributed by atoms with Crippen molar-refractivity contribution in [3.63, 3.8) is 0 Å². The van der Waals surface area contributed by atoms with E-state index < -0.39 is 0 Å². The molecule has 0 aliphatic carbocycles. The molecule has 1 fully saturated rings. The predicted molar refractivity (Wildman–Crippen MR) is 85.7 cm³/mol. The van der Waals surface area contributed by atoms with Gasteiger partial charge in [0, 0.05) is 20.0 Å². The Hall–Kier alpha value is -2.28. The maximum atomic E-state index is 13.9. The summed E-state index contributed by atoms with van der Waals surface area (Å²) in [7, 11) is 1.85. The van der Waals surface area contributed by atoms with Crippen LogP contribution >= 0.6 is 0 Å². The first-order valence-corrected chi connectivity index (χ1v) is 8.04. The second kappa shape index (κ2) is 7.09. The first kappa shape index (κ1) is 16.6. The van der Waals surface area contributed by atoms with Gasteiger partial charge in [-0.3, -0.25) is 4.79 Å². The fraction of sp³-hybridized carbons (Fsp3) is 0.471. The monoisotopic (exact) mass is 332 g/mol. The zero-order valence-electron chi connectivity index (χ0n) is 13.9. The molecule has 0 radical (unpaired) electrons. The lowest BCUT2D eigenvalue weighted by Gasteiger charge is -2.33. The lowest BCUT2D eigenvalue weighted by molar-refractivity contribution is -0.139. The minimum atomic E-state index is -0.279. The number of aryl methyl sites for hydroxylation is 1.